The maximum atomic E-state index is 4.19. The van der Waals surface area contributed by atoms with Crippen LogP contribution in [0.2, 0.25) is 0 Å². The lowest BCUT2D eigenvalue weighted by Crippen LogP contribution is -1.98. The highest BCUT2D eigenvalue weighted by atomic mass is 14.6. The smallest absolute Gasteiger partial charge is 0.0331 e. The maximum absolute atomic E-state index is 4.19. The number of hydrogen-bond acceptors (Lipinski definition) is 1. The zero-order valence-electron chi connectivity index (χ0n) is 10.3. The Kier molecular flexibility index (Phi) is 2.81. The predicted molar refractivity (Wildman–Crippen MR) is 75.3 cm³/mol. The van der Waals surface area contributed by atoms with E-state index in [0.29, 0.717) is 0 Å². The minimum atomic E-state index is 1.17. The molecule has 1 aromatic heterocycles. The van der Waals surface area contributed by atoms with E-state index < -0.39 is 0 Å². The Morgan fingerprint density at radius 1 is 0.889 bits per heavy atom. The third-order valence-electron chi connectivity index (χ3n) is 3.29. The molecule has 87 valence electrons. The second kappa shape index (κ2) is 4.61. The van der Waals surface area contributed by atoms with Gasteiger partial charge in [0.15, 0.2) is 0 Å². The molecule has 0 aliphatic rings. The van der Waals surface area contributed by atoms with E-state index >= 15 is 0 Å². The zero-order valence-corrected chi connectivity index (χ0v) is 10.3. The summed E-state index contributed by atoms with van der Waals surface area (Å²) in [5.74, 6) is 1.26. The Morgan fingerprint density at radius 3 is 2.56 bits per heavy atom. The second-order valence-corrected chi connectivity index (χ2v) is 4.39. The monoisotopic (exact) mass is 232 g/mol. The van der Waals surface area contributed by atoms with Gasteiger partial charge in [-0.1, -0.05) is 55.5 Å². The predicted octanol–water partition coefficient (Wildman–Crippen LogP) is 4.23. The van der Waals surface area contributed by atoms with Crippen LogP contribution in [0.1, 0.15) is 18.1 Å². The van der Waals surface area contributed by atoms with Crippen LogP contribution in [-0.4, -0.2) is 4.98 Å². The van der Waals surface area contributed by atoms with E-state index in [1.54, 1.807) is 6.20 Å². The molecule has 1 heteroatoms. The molecule has 0 saturated heterocycles. The Morgan fingerprint density at radius 2 is 1.72 bits per heavy atom. The first-order chi connectivity index (χ1) is 8.86. The van der Waals surface area contributed by atoms with E-state index in [4.69, 9.17) is 0 Å². The number of aromatic nitrogens is 1. The van der Waals surface area contributed by atoms with Gasteiger partial charge in [-0.2, -0.15) is 0 Å². The molecule has 2 aromatic carbocycles. The van der Waals surface area contributed by atoms with Crippen molar-refractivity contribution in [3.63, 3.8) is 0 Å². The summed E-state index contributed by atoms with van der Waals surface area (Å²) in [6.07, 6.45) is 3.72. The molecule has 0 unspecified atom stereocenters. The first-order valence-corrected chi connectivity index (χ1v) is 6.08. The molecule has 0 amide bonds. The van der Waals surface area contributed by atoms with Crippen molar-refractivity contribution in [2.24, 2.45) is 0 Å². The van der Waals surface area contributed by atoms with Crippen molar-refractivity contribution in [2.45, 2.75) is 6.92 Å². The van der Waals surface area contributed by atoms with Gasteiger partial charge >= 0.3 is 0 Å². The van der Waals surface area contributed by atoms with Crippen molar-refractivity contribution in [1.29, 1.82) is 0 Å². The number of nitrogens with zero attached hydrogens (tertiary/aromatic N) is 1. The normalized spacial score (nSPS) is 11.0. The molecule has 1 nitrogen and oxygen atoms in total. The number of rotatable bonds is 2. The highest BCUT2D eigenvalue weighted by Gasteiger charge is 2.11. The van der Waals surface area contributed by atoms with Crippen LogP contribution < -0.4 is 0 Å². The molecule has 0 N–H and O–H groups in total. The third kappa shape index (κ3) is 1.88. The third-order valence-corrected chi connectivity index (χ3v) is 3.29. The SMILES string of the molecule is C[C](c1cccnc1)c1cccc2ccccc12. The number of pyridine rings is 1. The van der Waals surface area contributed by atoms with Crippen LogP contribution in [-0.2, 0) is 0 Å². The highest BCUT2D eigenvalue weighted by Crippen LogP contribution is 2.28. The summed E-state index contributed by atoms with van der Waals surface area (Å²) in [7, 11) is 0. The van der Waals surface area contributed by atoms with Crippen molar-refractivity contribution in [3.8, 4) is 0 Å². The van der Waals surface area contributed by atoms with E-state index in [2.05, 4.69) is 60.4 Å². The van der Waals surface area contributed by atoms with Crippen molar-refractivity contribution in [2.75, 3.05) is 0 Å². The fourth-order valence-corrected chi connectivity index (χ4v) is 2.29. The molecule has 1 radical (unpaired) electrons. The quantitative estimate of drug-likeness (QED) is 0.644. The molecule has 0 aliphatic carbocycles. The molecule has 0 bridgehead atoms. The summed E-state index contributed by atoms with van der Waals surface area (Å²) in [4.78, 5) is 4.19. The Hall–Kier alpha value is -2.15. The average Bonchev–Trinajstić information content (AvgIpc) is 2.47. The Balaban J connectivity index is 2.15. The van der Waals surface area contributed by atoms with Crippen LogP contribution in [0.3, 0.4) is 0 Å². The largest absolute Gasteiger partial charge is 0.264 e. The summed E-state index contributed by atoms with van der Waals surface area (Å²) in [6.45, 7) is 2.15. The summed E-state index contributed by atoms with van der Waals surface area (Å²) in [6, 6.07) is 19.0. The van der Waals surface area contributed by atoms with Gasteiger partial charge in [0.25, 0.3) is 0 Å². The molecule has 0 fully saturated rings. The van der Waals surface area contributed by atoms with Gasteiger partial charge < -0.3 is 0 Å². The molecule has 0 saturated carbocycles. The van der Waals surface area contributed by atoms with Gasteiger partial charge in [0.2, 0.25) is 0 Å². The number of fused-ring (bicyclic) bond motifs is 1. The van der Waals surface area contributed by atoms with Gasteiger partial charge in [-0.3, -0.25) is 4.98 Å². The summed E-state index contributed by atoms with van der Waals surface area (Å²) < 4.78 is 0. The standard InChI is InChI=1S/C17H14N/c1-13(15-8-5-11-18-12-15)16-10-4-7-14-6-2-3-9-17(14)16/h2-12H,1H3. The second-order valence-electron chi connectivity index (χ2n) is 4.39. The first kappa shape index (κ1) is 11.0. The molecule has 3 rings (SSSR count). The van der Waals surface area contributed by atoms with Crippen LogP contribution in [0.15, 0.2) is 67.0 Å². The van der Waals surface area contributed by atoms with Crippen LogP contribution in [0.25, 0.3) is 10.8 Å². The van der Waals surface area contributed by atoms with Gasteiger partial charge in [0, 0.05) is 18.3 Å². The maximum Gasteiger partial charge on any atom is 0.0331 e. The Bertz CT molecular complexity index is 653. The Labute approximate surface area is 107 Å². The fraction of sp³-hybridized carbons (Fsp3) is 0.0588. The van der Waals surface area contributed by atoms with Crippen LogP contribution in [0, 0.1) is 5.92 Å². The van der Waals surface area contributed by atoms with Gasteiger partial charge in [-0.05, 0) is 28.0 Å². The molecule has 0 atom stereocenters. The molecule has 0 aliphatic heterocycles. The molecule has 1 heterocycles. The highest BCUT2D eigenvalue weighted by molar-refractivity contribution is 5.88. The summed E-state index contributed by atoms with van der Waals surface area (Å²) in [5, 5.41) is 2.57. The average molecular weight is 232 g/mol. The van der Waals surface area contributed by atoms with E-state index in [9.17, 15) is 0 Å². The summed E-state index contributed by atoms with van der Waals surface area (Å²) >= 11 is 0. The van der Waals surface area contributed by atoms with E-state index in [0.717, 1.165) is 0 Å². The molecule has 18 heavy (non-hydrogen) atoms. The minimum absolute atomic E-state index is 1.17. The van der Waals surface area contributed by atoms with E-state index in [1.807, 2.05) is 12.3 Å². The van der Waals surface area contributed by atoms with Crippen molar-refractivity contribution in [1.82, 2.24) is 4.98 Å². The lowest BCUT2D eigenvalue weighted by Gasteiger charge is -2.14. The van der Waals surface area contributed by atoms with Crippen molar-refractivity contribution < 1.29 is 0 Å². The van der Waals surface area contributed by atoms with Gasteiger partial charge in [-0.15, -0.1) is 0 Å². The molecular formula is C17H14N. The van der Waals surface area contributed by atoms with Gasteiger partial charge in [0.1, 0.15) is 0 Å². The molecular weight excluding hydrogens is 218 g/mol. The fourth-order valence-electron chi connectivity index (χ4n) is 2.29. The first-order valence-electron chi connectivity index (χ1n) is 6.08. The van der Waals surface area contributed by atoms with Crippen LogP contribution in [0.5, 0.6) is 0 Å². The molecule has 3 aromatic rings. The zero-order chi connectivity index (χ0) is 12.4. The van der Waals surface area contributed by atoms with Crippen molar-refractivity contribution in [3.05, 3.63) is 84.0 Å². The van der Waals surface area contributed by atoms with Gasteiger partial charge in [0.05, 0.1) is 0 Å². The molecule has 0 spiro atoms. The lowest BCUT2D eigenvalue weighted by molar-refractivity contribution is 1.16. The van der Waals surface area contributed by atoms with Crippen LogP contribution in [0.4, 0.5) is 0 Å². The number of hydrogen-bond donors (Lipinski definition) is 0. The number of benzene rings is 2. The van der Waals surface area contributed by atoms with Gasteiger partial charge in [-0.25, -0.2) is 0 Å². The summed E-state index contributed by atoms with van der Waals surface area (Å²) in [5.41, 5.74) is 2.45. The van der Waals surface area contributed by atoms with Crippen molar-refractivity contribution >= 4 is 10.8 Å². The lowest BCUT2D eigenvalue weighted by atomic mass is 9.90. The topological polar surface area (TPSA) is 12.9 Å². The van der Waals surface area contributed by atoms with Crippen LogP contribution >= 0.6 is 0 Å². The van der Waals surface area contributed by atoms with E-state index in [1.165, 1.54) is 27.8 Å². The van der Waals surface area contributed by atoms with E-state index in [-0.39, 0.29) is 0 Å². The minimum Gasteiger partial charge on any atom is -0.264 e.